The third-order valence-corrected chi connectivity index (χ3v) is 4.35. The number of carbonyl (C=O) groups is 2. The van der Waals surface area contributed by atoms with Crippen molar-refractivity contribution in [3.63, 3.8) is 0 Å². The Hall–Kier alpha value is -1.06. The van der Waals surface area contributed by atoms with Gasteiger partial charge in [0.25, 0.3) is 0 Å². The number of hydrogen-bond acceptors (Lipinski definition) is 3. The molecule has 0 rings (SSSR count). The molecule has 0 amide bonds. The van der Waals surface area contributed by atoms with Crippen LogP contribution in [0.25, 0.3) is 0 Å². The molecule has 0 radical (unpaired) electrons. The molecule has 17 heavy (non-hydrogen) atoms. The second-order valence-corrected chi connectivity index (χ2v) is 4.99. The van der Waals surface area contributed by atoms with E-state index in [2.05, 4.69) is 0 Å². The van der Waals surface area contributed by atoms with E-state index in [1.54, 1.807) is 0 Å². The number of carboxylic acids is 1. The van der Waals surface area contributed by atoms with E-state index in [9.17, 15) is 9.59 Å². The molecular weight excluding hydrogens is 220 g/mol. The number of rotatable bonds is 7. The van der Waals surface area contributed by atoms with E-state index in [-0.39, 0.29) is 17.8 Å². The zero-order valence-corrected chi connectivity index (χ0v) is 11.5. The number of aliphatic carboxylic acids is 1. The maximum Gasteiger partial charge on any atom is 0.312 e. The number of esters is 1. The second-order valence-electron chi connectivity index (χ2n) is 4.99. The minimum atomic E-state index is -0.826. The Kier molecular flexibility index (Phi) is 5.66. The van der Waals surface area contributed by atoms with Gasteiger partial charge >= 0.3 is 11.9 Å². The SMILES string of the molecule is CCC(C)(CCC(=O)O)C(C)(CC)C(=O)OC. The Morgan fingerprint density at radius 2 is 1.71 bits per heavy atom. The first-order chi connectivity index (χ1) is 7.77. The van der Waals surface area contributed by atoms with Crippen LogP contribution >= 0.6 is 0 Å². The van der Waals surface area contributed by atoms with Crippen molar-refractivity contribution in [1.82, 2.24) is 0 Å². The van der Waals surface area contributed by atoms with Crippen molar-refractivity contribution in [2.24, 2.45) is 10.8 Å². The van der Waals surface area contributed by atoms with Gasteiger partial charge in [0.1, 0.15) is 0 Å². The van der Waals surface area contributed by atoms with E-state index in [4.69, 9.17) is 9.84 Å². The second kappa shape index (κ2) is 6.03. The summed E-state index contributed by atoms with van der Waals surface area (Å²) in [5, 5.41) is 8.79. The molecular formula is C13H24O4. The van der Waals surface area contributed by atoms with Gasteiger partial charge in [0.05, 0.1) is 12.5 Å². The minimum Gasteiger partial charge on any atom is -0.481 e. The van der Waals surface area contributed by atoms with Crippen LogP contribution in [0.5, 0.6) is 0 Å². The maximum absolute atomic E-state index is 11.9. The van der Waals surface area contributed by atoms with Gasteiger partial charge < -0.3 is 9.84 Å². The summed E-state index contributed by atoms with van der Waals surface area (Å²) in [7, 11) is 1.38. The Bertz CT molecular complexity index is 287. The molecule has 0 saturated heterocycles. The Morgan fingerprint density at radius 1 is 1.18 bits per heavy atom. The summed E-state index contributed by atoms with van der Waals surface area (Å²) in [5.74, 6) is -1.08. The van der Waals surface area contributed by atoms with Gasteiger partial charge in [0.15, 0.2) is 0 Å². The lowest BCUT2D eigenvalue weighted by Gasteiger charge is -2.43. The van der Waals surface area contributed by atoms with Gasteiger partial charge in [-0.15, -0.1) is 0 Å². The molecule has 2 atom stereocenters. The maximum atomic E-state index is 11.9. The first kappa shape index (κ1) is 15.9. The van der Waals surface area contributed by atoms with Gasteiger partial charge in [-0.2, -0.15) is 0 Å². The Morgan fingerprint density at radius 3 is 2.00 bits per heavy atom. The lowest BCUT2D eigenvalue weighted by atomic mass is 9.60. The highest BCUT2D eigenvalue weighted by molar-refractivity contribution is 5.77. The minimum absolute atomic E-state index is 0.0803. The van der Waals surface area contributed by atoms with Crippen LogP contribution in [0.1, 0.15) is 53.4 Å². The third-order valence-electron chi connectivity index (χ3n) is 4.35. The average molecular weight is 244 g/mol. The van der Waals surface area contributed by atoms with Crippen molar-refractivity contribution in [3.05, 3.63) is 0 Å². The molecule has 100 valence electrons. The van der Waals surface area contributed by atoms with E-state index in [1.807, 2.05) is 27.7 Å². The molecule has 0 heterocycles. The zero-order valence-electron chi connectivity index (χ0n) is 11.5. The molecule has 0 aliphatic rings. The average Bonchev–Trinajstić information content (AvgIpc) is 2.33. The summed E-state index contributed by atoms with van der Waals surface area (Å²) in [4.78, 5) is 22.6. The van der Waals surface area contributed by atoms with E-state index >= 15 is 0 Å². The summed E-state index contributed by atoms with van der Waals surface area (Å²) in [6.07, 6.45) is 1.96. The molecule has 1 N–H and O–H groups in total. The number of carbonyl (C=O) groups excluding carboxylic acids is 1. The van der Waals surface area contributed by atoms with Crippen LogP contribution in [-0.2, 0) is 14.3 Å². The zero-order chi connectivity index (χ0) is 13.7. The van der Waals surface area contributed by atoms with Crippen molar-refractivity contribution in [2.45, 2.75) is 53.4 Å². The Balaban J connectivity index is 5.14. The molecule has 0 spiro atoms. The fraction of sp³-hybridized carbons (Fsp3) is 0.846. The van der Waals surface area contributed by atoms with E-state index in [1.165, 1.54) is 7.11 Å². The molecule has 0 aliphatic heterocycles. The third kappa shape index (κ3) is 3.20. The van der Waals surface area contributed by atoms with Crippen LogP contribution in [0.3, 0.4) is 0 Å². The van der Waals surface area contributed by atoms with Crippen LogP contribution in [0.2, 0.25) is 0 Å². The van der Waals surface area contributed by atoms with E-state index in [0.717, 1.165) is 6.42 Å². The summed E-state index contributed by atoms with van der Waals surface area (Å²) in [6.45, 7) is 7.75. The van der Waals surface area contributed by atoms with Crippen LogP contribution in [-0.4, -0.2) is 24.2 Å². The van der Waals surface area contributed by atoms with Gasteiger partial charge in [-0.1, -0.05) is 20.8 Å². The molecule has 4 heteroatoms. The molecule has 0 aromatic heterocycles. The van der Waals surface area contributed by atoms with E-state index in [0.29, 0.717) is 12.8 Å². The largest absolute Gasteiger partial charge is 0.481 e. The molecule has 0 bridgehead atoms. The van der Waals surface area contributed by atoms with Gasteiger partial charge in [0.2, 0.25) is 0 Å². The first-order valence-corrected chi connectivity index (χ1v) is 6.07. The topological polar surface area (TPSA) is 63.6 Å². The molecule has 4 nitrogen and oxygen atoms in total. The quantitative estimate of drug-likeness (QED) is 0.699. The number of carboxylic acid groups (broad SMARTS) is 1. The molecule has 0 aliphatic carbocycles. The fourth-order valence-corrected chi connectivity index (χ4v) is 2.27. The van der Waals surface area contributed by atoms with Crippen molar-refractivity contribution in [3.8, 4) is 0 Å². The van der Waals surface area contributed by atoms with Gasteiger partial charge in [-0.3, -0.25) is 9.59 Å². The highest BCUT2D eigenvalue weighted by atomic mass is 16.5. The summed E-state index contributed by atoms with van der Waals surface area (Å²) >= 11 is 0. The number of hydrogen-bond donors (Lipinski definition) is 1. The van der Waals surface area contributed by atoms with Crippen molar-refractivity contribution < 1.29 is 19.4 Å². The van der Waals surface area contributed by atoms with E-state index < -0.39 is 11.4 Å². The molecule has 0 aromatic carbocycles. The molecule has 2 unspecified atom stereocenters. The van der Waals surface area contributed by atoms with Gasteiger partial charge in [-0.25, -0.2) is 0 Å². The highest BCUT2D eigenvalue weighted by Gasteiger charge is 2.48. The predicted octanol–water partition coefficient (Wildman–Crippen LogP) is 2.86. The van der Waals surface area contributed by atoms with Crippen LogP contribution in [0.4, 0.5) is 0 Å². The fourth-order valence-electron chi connectivity index (χ4n) is 2.27. The lowest BCUT2D eigenvalue weighted by Crippen LogP contribution is -2.44. The van der Waals surface area contributed by atoms with Gasteiger partial charge in [0, 0.05) is 6.42 Å². The summed E-state index contributed by atoms with van der Waals surface area (Å²) < 4.78 is 4.87. The number of ether oxygens (including phenoxy) is 1. The van der Waals surface area contributed by atoms with Crippen LogP contribution < -0.4 is 0 Å². The van der Waals surface area contributed by atoms with Crippen LogP contribution in [0, 0.1) is 10.8 Å². The highest BCUT2D eigenvalue weighted by Crippen LogP contribution is 2.48. The molecule has 0 saturated carbocycles. The smallest absolute Gasteiger partial charge is 0.312 e. The van der Waals surface area contributed by atoms with Crippen LogP contribution in [0.15, 0.2) is 0 Å². The first-order valence-electron chi connectivity index (χ1n) is 6.07. The lowest BCUT2D eigenvalue weighted by molar-refractivity contribution is -0.162. The standard InChI is InChI=1S/C13H24O4/c1-6-12(3,9-8-10(14)15)13(4,7-2)11(16)17-5/h6-9H2,1-5H3,(H,14,15). The molecule has 0 aromatic rings. The molecule has 0 fully saturated rings. The summed E-state index contributed by atoms with van der Waals surface area (Å²) in [5.41, 5.74) is -0.987. The van der Waals surface area contributed by atoms with Crippen molar-refractivity contribution in [1.29, 1.82) is 0 Å². The summed E-state index contributed by atoms with van der Waals surface area (Å²) in [6, 6.07) is 0. The van der Waals surface area contributed by atoms with Crippen molar-refractivity contribution in [2.75, 3.05) is 7.11 Å². The normalized spacial score (nSPS) is 17.9. The van der Waals surface area contributed by atoms with Gasteiger partial charge in [-0.05, 0) is 31.6 Å². The Labute approximate surface area is 103 Å². The van der Waals surface area contributed by atoms with Crippen molar-refractivity contribution >= 4 is 11.9 Å². The predicted molar refractivity (Wildman–Crippen MR) is 65.7 cm³/mol. The number of methoxy groups -OCH3 is 1. The monoisotopic (exact) mass is 244 g/mol.